The molecule has 0 aromatic rings. The van der Waals surface area contributed by atoms with Crippen molar-refractivity contribution in [2.24, 2.45) is 0 Å². The fourth-order valence-electron chi connectivity index (χ4n) is 0.874. The molecule has 15 heavy (non-hydrogen) atoms. The maximum absolute atomic E-state index is 11.0. The summed E-state index contributed by atoms with van der Waals surface area (Å²) in [6, 6.07) is 0. The second kappa shape index (κ2) is 7.19. The van der Waals surface area contributed by atoms with Crippen molar-refractivity contribution >= 4 is 11.9 Å². The number of aliphatic hydroxyl groups is 2. The van der Waals surface area contributed by atoms with E-state index in [-0.39, 0.29) is 6.61 Å². The van der Waals surface area contributed by atoms with Crippen LogP contribution in [0, 0.1) is 0 Å². The Balaban J connectivity index is 3.84. The lowest BCUT2D eigenvalue weighted by atomic mass is 10.2. The molecule has 0 saturated heterocycles. The van der Waals surface area contributed by atoms with Crippen LogP contribution in [0.4, 0.5) is 0 Å². The van der Waals surface area contributed by atoms with Crippen LogP contribution in [0.1, 0.15) is 26.2 Å². The largest absolute Gasteiger partial charge is 0.479 e. The van der Waals surface area contributed by atoms with E-state index >= 15 is 0 Å². The minimum Gasteiger partial charge on any atom is -0.479 e. The standard InChI is InChI=1S/C9H16O6/c1-2-3-4-5-15-9(14)7(11)6(10)8(12)13/h6-7,10-11H,2-5H2,1H3,(H,12,13). The smallest absolute Gasteiger partial charge is 0.338 e. The van der Waals surface area contributed by atoms with Gasteiger partial charge in [-0.25, -0.2) is 9.59 Å². The Bertz CT molecular complexity index is 215. The summed E-state index contributed by atoms with van der Waals surface area (Å²) in [4.78, 5) is 21.2. The van der Waals surface area contributed by atoms with E-state index in [9.17, 15) is 9.59 Å². The zero-order valence-corrected chi connectivity index (χ0v) is 8.55. The molecular weight excluding hydrogens is 204 g/mol. The molecule has 0 radical (unpaired) electrons. The van der Waals surface area contributed by atoms with Crippen molar-refractivity contribution < 1.29 is 29.6 Å². The summed E-state index contributed by atoms with van der Waals surface area (Å²) in [5, 5.41) is 26.1. The van der Waals surface area contributed by atoms with E-state index in [1.807, 2.05) is 6.92 Å². The first kappa shape index (κ1) is 13.9. The summed E-state index contributed by atoms with van der Waals surface area (Å²) in [6.45, 7) is 2.10. The minimum absolute atomic E-state index is 0.121. The van der Waals surface area contributed by atoms with Gasteiger partial charge in [-0.05, 0) is 6.42 Å². The van der Waals surface area contributed by atoms with Crippen LogP contribution in [0.3, 0.4) is 0 Å². The molecule has 0 fully saturated rings. The molecule has 0 heterocycles. The number of aliphatic hydroxyl groups excluding tert-OH is 2. The number of rotatable bonds is 7. The van der Waals surface area contributed by atoms with Gasteiger partial charge in [0, 0.05) is 0 Å². The van der Waals surface area contributed by atoms with E-state index in [1.165, 1.54) is 0 Å². The number of hydrogen-bond donors (Lipinski definition) is 3. The van der Waals surface area contributed by atoms with Gasteiger partial charge in [-0.1, -0.05) is 19.8 Å². The normalized spacial score (nSPS) is 14.3. The quantitative estimate of drug-likeness (QED) is 0.395. The molecule has 6 heteroatoms. The molecule has 2 unspecified atom stereocenters. The lowest BCUT2D eigenvalue weighted by molar-refractivity contribution is -0.169. The summed E-state index contributed by atoms with van der Waals surface area (Å²) in [6.07, 6.45) is -1.67. The van der Waals surface area contributed by atoms with E-state index in [0.717, 1.165) is 12.8 Å². The molecule has 2 atom stereocenters. The fourth-order valence-corrected chi connectivity index (χ4v) is 0.874. The second-order valence-electron chi connectivity index (χ2n) is 3.10. The number of unbranched alkanes of at least 4 members (excludes halogenated alkanes) is 2. The van der Waals surface area contributed by atoms with Crippen molar-refractivity contribution in [2.75, 3.05) is 6.61 Å². The Morgan fingerprint density at radius 1 is 1.20 bits per heavy atom. The summed E-state index contributed by atoms with van der Waals surface area (Å²) in [5.41, 5.74) is 0. The van der Waals surface area contributed by atoms with E-state index in [2.05, 4.69) is 4.74 Å². The predicted octanol–water partition coefficient (Wildman–Crippen LogP) is -0.474. The Morgan fingerprint density at radius 3 is 2.27 bits per heavy atom. The molecule has 6 nitrogen and oxygen atoms in total. The van der Waals surface area contributed by atoms with Crippen molar-refractivity contribution in [1.29, 1.82) is 0 Å². The van der Waals surface area contributed by atoms with E-state index in [0.29, 0.717) is 6.42 Å². The summed E-state index contributed by atoms with van der Waals surface area (Å²) in [5.74, 6) is -2.77. The third-order valence-electron chi connectivity index (χ3n) is 1.79. The molecule has 0 spiro atoms. The first-order valence-electron chi connectivity index (χ1n) is 4.76. The lowest BCUT2D eigenvalue weighted by Crippen LogP contribution is -2.40. The average Bonchev–Trinajstić information content (AvgIpc) is 2.21. The number of carbonyl (C=O) groups excluding carboxylic acids is 1. The van der Waals surface area contributed by atoms with Gasteiger partial charge in [0.2, 0.25) is 0 Å². The third kappa shape index (κ3) is 5.34. The van der Waals surface area contributed by atoms with Gasteiger partial charge >= 0.3 is 11.9 Å². The fraction of sp³-hybridized carbons (Fsp3) is 0.778. The van der Waals surface area contributed by atoms with Crippen LogP contribution >= 0.6 is 0 Å². The van der Waals surface area contributed by atoms with Crippen LogP contribution in [0.15, 0.2) is 0 Å². The van der Waals surface area contributed by atoms with Crippen LogP contribution in [-0.2, 0) is 14.3 Å². The van der Waals surface area contributed by atoms with Crippen LogP contribution < -0.4 is 0 Å². The number of carbonyl (C=O) groups is 2. The summed E-state index contributed by atoms with van der Waals surface area (Å²) in [7, 11) is 0. The van der Waals surface area contributed by atoms with Gasteiger partial charge in [0.05, 0.1) is 6.61 Å². The summed E-state index contributed by atoms with van der Waals surface area (Å²) < 4.78 is 4.56. The summed E-state index contributed by atoms with van der Waals surface area (Å²) >= 11 is 0. The minimum atomic E-state index is -2.14. The van der Waals surface area contributed by atoms with Crippen molar-refractivity contribution in [3.05, 3.63) is 0 Å². The van der Waals surface area contributed by atoms with Crippen LogP contribution in [0.5, 0.6) is 0 Å². The van der Waals surface area contributed by atoms with Gasteiger partial charge < -0.3 is 20.1 Å². The first-order chi connectivity index (χ1) is 7.00. The molecule has 0 aromatic carbocycles. The highest BCUT2D eigenvalue weighted by molar-refractivity contribution is 5.84. The predicted molar refractivity (Wildman–Crippen MR) is 50.1 cm³/mol. The highest BCUT2D eigenvalue weighted by Crippen LogP contribution is 2.00. The highest BCUT2D eigenvalue weighted by Gasteiger charge is 2.31. The zero-order valence-electron chi connectivity index (χ0n) is 8.55. The average molecular weight is 220 g/mol. The SMILES string of the molecule is CCCCCOC(=O)C(O)C(O)C(=O)O. The van der Waals surface area contributed by atoms with E-state index in [1.54, 1.807) is 0 Å². The Morgan fingerprint density at radius 2 is 1.80 bits per heavy atom. The van der Waals surface area contributed by atoms with Crippen LogP contribution in [0.2, 0.25) is 0 Å². The number of hydrogen-bond acceptors (Lipinski definition) is 5. The molecule has 0 aliphatic heterocycles. The van der Waals surface area contributed by atoms with Gasteiger partial charge in [0.1, 0.15) is 0 Å². The van der Waals surface area contributed by atoms with Gasteiger partial charge in [0.15, 0.2) is 12.2 Å². The van der Waals surface area contributed by atoms with Gasteiger partial charge in [-0.3, -0.25) is 0 Å². The Hall–Kier alpha value is -1.14. The molecule has 0 bridgehead atoms. The van der Waals surface area contributed by atoms with Crippen LogP contribution in [-0.4, -0.2) is 46.1 Å². The van der Waals surface area contributed by atoms with Gasteiger partial charge in [-0.15, -0.1) is 0 Å². The number of aliphatic carboxylic acids is 1. The van der Waals surface area contributed by atoms with E-state index < -0.39 is 24.1 Å². The molecule has 0 aromatic heterocycles. The van der Waals surface area contributed by atoms with Crippen molar-refractivity contribution in [2.45, 2.75) is 38.4 Å². The number of carboxylic acid groups (broad SMARTS) is 1. The van der Waals surface area contributed by atoms with E-state index in [4.69, 9.17) is 15.3 Å². The highest BCUT2D eigenvalue weighted by atomic mass is 16.5. The third-order valence-corrected chi connectivity index (χ3v) is 1.79. The molecule has 0 rings (SSSR count). The molecule has 0 aliphatic carbocycles. The molecular formula is C9H16O6. The number of ether oxygens (including phenoxy) is 1. The second-order valence-corrected chi connectivity index (χ2v) is 3.10. The molecule has 0 amide bonds. The van der Waals surface area contributed by atoms with Gasteiger partial charge in [0.25, 0.3) is 0 Å². The number of esters is 1. The van der Waals surface area contributed by atoms with Crippen molar-refractivity contribution in [3.8, 4) is 0 Å². The molecule has 88 valence electrons. The topological polar surface area (TPSA) is 104 Å². The zero-order chi connectivity index (χ0) is 11.8. The molecule has 0 aliphatic rings. The molecule has 0 saturated carbocycles. The van der Waals surface area contributed by atoms with Crippen molar-refractivity contribution in [1.82, 2.24) is 0 Å². The molecule has 3 N–H and O–H groups in total. The maximum atomic E-state index is 11.0. The maximum Gasteiger partial charge on any atom is 0.338 e. The van der Waals surface area contributed by atoms with Crippen LogP contribution in [0.25, 0.3) is 0 Å². The number of carboxylic acids is 1. The Labute approximate surface area is 87.5 Å². The van der Waals surface area contributed by atoms with Crippen molar-refractivity contribution in [3.63, 3.8) is 0 Å². The Kier molecular flexibility index (Phi) is 6.64. The lowest BCUT2D eigenvalue weighted by Gasteiger charge is -2.12. The first-order valence-corrected chi connectivity index (χ1v) is 4.76. The monoisotopic (exact) mass is 220 g/mol. The van der Waals surface area contributed by atoms with Gasteiger partial charge in [-0.2, -0.15) is 0 Å².